The summed E-state index contributed by atoms with van der Waals surface area (Å²) in [5.74, 6) is -0.219. The van der Waals surface area contributed by atoms with Crippen LogP contribution in [0.25, 0.3) is 5.52 Å². The van der Waals surface area contributed by atoms with Crippen molar-refractivity contribution in [1.82, 2.24) is 4.40 Å². The van der Waals surface area contributed by atoms with Gasteiger partial charge in [-0.2, -0.15) is 0 Å². The van der Waals surface area contributed by atoms with Gasteiger partial charge in [-0.15, -0.1) is 0 Å². The fourth-order valence-corrected chi connectivity index (χ4v) is 2.07. The van der Waals surface area contributed by atoms with Gasteiger partial charge in [0.25, 0.3) is 0 Å². The molecule has 2 aromatic rings. The van der Waals surface area contributed by atoms with E-state index >= 15 is 0 Å². The summed E-state index contributed by atoms with van der Waals surface area (Å²) >= 11 is 0. The summed E-state index contributed by atoms with van der Waals surface area (Å²) < 4.78 is 1.90. The second-order valence-electron chi connectivity index (χ2n) is 3.82. The molecule has 1 fully saturated rings. The number of amides is 2. The van der Waals surface area contributed by atoms with Gasteiger partial charge in [0.15, 0.2) is 0 Å². The van der Waals surface area contributed by atoms with Gasteiger partial charge in [-0.25, -0.2) is 4.90 Å². The second kappa shape index (κ2) is 3.20. The highest BCUT2D eigenvalue weighted by Crippen LogP contribution is 2.27. The van der Waals surface area contributed by atoms with Crippen LogP contribution in [0.5, 0.6) is 0 Å². The first-order valence-electron chi connectivity index (χ1n) is 5.19. The lowest BCUT2D eigenvalue weighted by Gasteiger charge is -2.12. The van der Waals surface area contributed by atoms with Gasteiger partial charge in [0.2, 0.25) is 11.8 Å². The molecule has 3 rings (SSSR count). The molecule has 1 aliphatic heterocycles. The molecule has 0 N–H and O–H groups in total. The summed E-state index contributed by atoms with van der Waals surface area (Å²) in [5, 5.41) is 0. The van der Waals surface area contributed by atoms with Crippen molar-refractivity contribution in [3.05, 3.63) is 36.7 Å². The standard InChI is InChI=1S/C12H10N2O2/c15-11-4-5-12(16)14(11)10-6-8-13-7-2-1-3-9(10)13/h1-3,6-8H,4-5H2. The van der Waals surface area contributed by atoms with Crippen molar-refractivity contribution in [1.29, 1.82) is 0 Å². The van der Waals surface area contributed by atoms with E-state index in [1.165, 1.54) is 4.90 Å². The summed E-state index contributed by atoms with van der Waals surface area (Å²) in [6.07, 6.45) is 4.39. The Balaban J connectivity index is 2.19. The Morgan fingerprint density at radius 1 is 0.938 bits per heavy atom. The van der Waals surface area contributed by atoms with Crippen LogP contribution >= 0.6 is 0 Å². The highest BCUT2D eigenvalue weighted by atomic mass is 16.2. The number of aromatic nitrogens is 1. The van der Waals surface area contributed by atoms with Crippen LogP contribution in [0.3, 0.4) is 0 Å². The van der Waals surface area contributed by atoms with Crippen LogP contribution in [-0.2, 0) is 9.59 Å². The van der Waals surface area contributed by atoms with Crippen LogP contribution in [0.15, 0.2) is 36.7 Å². The zero-order chi connectivity index (χ0) is 11.1. The molecule has 16 heavy (non-hydrogen) atoms. The van der Waals surface area contributed by atoms with Crippen LogP contribution in [0.2, 0.25) is 0 Å². The fourth-order valence-electron chi connectivity index (χ4n) is 2.07. The summed E-state index contributed by atoms with van der Waals surface area (Å²) in [5.41, 5.74) is 1.57. The van der Waals surface area contributed by atoms with Crippen molar-refractivity contribution < 1.29 is 9.59 Å². The summed E-state index contributed by atoms with van der Waals surface area (Å²) in [4.78, 5) is 24.5. The molecule has 0 aliphatic carbocycles. The third-order valence-electron chi connectivity index (χ3n) is 2.84. The Morgan fingerprint density at radius 3 is 2.44 bits per heavy atom. The lowest BCUT2D eigenvalue weighted by molar-refractivity contribution is -0.121. The van der Waals surface area contributed by atoms with Gasteiger partial charge in [-0.05, 0) is 18.2 Å². The van der Waals surface area contributed by atoms with Crippen LogP contribution in [0, 0.1) is 0 Å². The number of carbonyl (C=O) groups excluding carboxylic acids is 2. The predicted octanol–water partition coefficient (Wildman–Crippen LogP) is 1.59. The van der Waals surface area contributed by atoms with Crippen molar-refractivity contribution in [2.24, 2.45) is 0 Å². The molecule has 0 unspecified atom stereocenters. The smallest absolute Gasteiger partial charge is 0.234 e. The zero-order valence-electron chi connectivity index (χ0n) is 8.59. The Bertz CT molecular complexity index is 569. The molecule has 0 spiro atoms. The molecule has 0 atom stereocenters. The van der Waals surface area contributed by atoms with Crippen LogP contribution in [-0.4, -0.2) is 16.2 Å². The van der Waals surface area contributed by atoms with Gasteiger partial charge >= 0.3 is 0 Å². The zero-order valence-corrected chi connectivity index (χ0v) is 8.59. The van der Waals surface area contributed by atoms with Gasteiger partial charge < -0.3 is 4.40 Å². The number of hydrogen-bond acceptors (Lipinski definition) is 2. The van der Waals surface area contributed by atoms with E-state index in [9.17, 15) is 9.59 Å². The summed E-state index contributed by atoms with van der Waals surface area (Å²) in [6.45, 7) is 0. The van der Waals surface area contributed by atoms with E-state index < -0.39 is 0 Å². The number of rotatable bonds is 1. The third-order valence-corrected chi connectivity index (χ3v) is 2.84. The molecule has 1 aliphatic rings. The molecule has 0 radical (unpaired) electrons. The van der Waals surface area contributed by atoms with Gasteiger partial charge in [0.1, 0.15) is 0 Å². The molecule has 0 aromatic carbocycles. The fraction of sp³-hybridized carbons (Fsp3) is 0.167. The molecule has 4 nitrogen and oxygen atoms in total. The Hall–Kier alpha value is -2.10. The number of hydrogen-bond donors (Lipinski definition) is 0. The minimum absolute atomic E-state index is 0.109. The lowest BCUT2D eigenvalue weighted by atomic mass is 10.3. The molecule has 2 aromatic heterocycles. The topological polar surface area (TPSA) is 41.8 Å². The average Bonchev–Trinajstić information content (AvgIpc) is 2.83. The van der Waals surface area contributed by atoms with Crippen LogP contribution < -0.4 is 4.90 Å². The Kier molecular flexibility index (Phi) is 1.83. The monoisotopic (exact) mass is 214 g/mol. The first kappa shape index (κ1) is 9.15. The molecule has 1 saturated heterocycles. The lowest BCUT2D eigenvalue weighted by Crippen LogP contribution is -2.28. The van der Waals surface area contributed by atoms with Crippen molar-refractivity contribution in [2.45, 2.75) is 12.8 Å². The van der Waals surface area contributed by atoms with Gasteiger partial charge in [0, 0.05) is 25.2 Å². The van der Waals surface area contributed by atoms with E-state index in [0.29, 0.717) is 18.5 Å². The second-order valence-corrected chi connectivity index (χ2v) is 3.82. The number of pyridine rings is 1. The summed E-state index contributed by atoms with van der Waals surface area (Å²) in [6, 6.07) is 7.50. The van der Waals surface area contributed by atoms with E-state index in [-0.39, 0.29) is 11.8 Å². The number of anilines is 1. The van der Waals surface area contributed by atoms with E-state index in [1.54, 1.807) is 6.07 Å². The van der Waals surface area contributed by atoms with Crippen molar-refractivity contribution in [3.63, 3.8) is 0 Å². The van der Waals surface area contributed by atoms with Crippen LogP contribution in [0.4, 0.5) is 5.69 Å². The van der Waals surface area contributed by atoms with E-state index in [1.807, 2.05) is 35.0 Å². The molecule has 3 heterocycles. The molecule has 4 heteroatoms. The number of fused-ring (bicyclic) bond motifs is 1. The number of imide groups is 1. The maximum absolute atomic E-state index is 11.6. The largest absolute Gasteiger partial charge is 0.322 e. The number of nitrogens with zero attached hydrogens (tertiary/aromatic N) is 2. The minimum atomic E-state index is -0.109. The molecule has 0 saturated carbocycles. The molecule has 80 valence electrons. The quantitative estimate of drug-likeness (QED) is 0.676. The predicted molar refractivity (Wildman–Crippen MR) is 59.1 cm³/mol. The third kappa shape index (κ3) is 1.16. The Morgan fingerprint density at radius 2 is 1.69 bits per heavy atom. The van der Waals surface area contributed by atoms with E-state index in [0.717, 1.165) is 5.52 Å². The van der Waals surface area contributed by atoms with Gasteiger partial charge in [0.05, 0.1) is 11.2 Å². The van der Waals surface area contributed by atoms with E-state index in [2.05, 4.69) is 0 Å². The molecule has 2 amide bonds. The van der Waals surface area contributed by atoms with Gasteiger partial charge in [-0.3, -0.25) is 9.59 Å². The maximum atomic E-state index is 11.6. The Labute approximate surface area is 92.1 Å². The maximum Gasteiger partial charge on any atom is 0.234 e. The van der Waals surface area contributed by atoms with Gasteiger partial charge in [-0.1, -0.05) is 6.07 Å². The normalized spacial score (nSPS) is 16.4. The van der Waals surface area contributed by atoms with Crippen molar-refractivity contribution >= 4 is 23.0 Å². The molecule has 0 bridgehead atoms. The van der Waals surface area contributed by atoms with Crippen molar-refractivity contribution in [3.8, 4) is 0 Å². The minimum Gasteiger partial charge on any atom is -0.322 e. The van der Waals surface area contributed by atoms with Crippen molar-refractivity contribution in [2.75, 3.05) is 4.90 Å². The molecular formula is C12H10N2O2. The molecular weight excluding hydrogens is 204 g/mol. The summed E-state index contributed by atoms with van der Waals surface area (Å²) in [7, 11) is 0. The van der Waals surface area contributed by atoms with E-state index in [4.69, 9.17) is 0 Å². The van der Waals surface area contributed by atoms with Crippen LogP contribution in [0.1, 0.15) is 12.8 Å². The first-order chi connectivity index (χ1) is 7.77. The first-order valence-corrected chi connectivity index (χ1v) is 5.19. The highest BCUT2D eigenvalue weighted by molar-refractivity contribution is 6.21. The number of carbonyl (C=O) groups is 2. The highest BCUT2D eigenvalue weighted by Gasteiger charge is 2.31. The SMILES string of the molecule is O=C1CCC(=O)N1c1ccn2ccccc12. The average molecular weight is 214 g/mol.